The lowest BCUT2D eigenvalue weighted by molar-refractivity contribution is 0.206. The molecule has 0 saturated heterocycles. The highest BCUT2D eigenvalue weighted by Crippen LogP contribution is 2.32. The number of aromatic nitrogens is 1. The number of benzene rings is 1. The van der Waals surface area contributed by atoms with Gasteiger partial charge in [-0.1, -0.05) is 41.7 Å². The van der Waals surface area contributed by atoms with Crippen molar-refractivity contribution in [2.45, 2.75) is 6.54 Å². The number of hydrogen-bond acceptors (Lipinski definition) is 5. The molecule has 5 heteroatoms. The number of ether oxygens (including phenoxy) is 1. The predicted molar refractivity (Wildman–Crippen MR) is 80.6 cm³/mol. The van der Waals surface area contributed by atoms with Crippen LogP contribution >= 0.6 is 11.3 Å². The van der Waals surface area contributed by atoms with E-state index in [0.717, 1.165) is 27.8 Å². The summed E-state index contributed by atoms with van der Waals surface area (Å²) >= 11 is 1.65. The van der Waals surface area contributed by atoms with Crippen molar-refractivity contribution < 1.29 is 4.74 Å². The summed E-state index contributed by atoms with van der Waals surface area (Å²) in [5.41, 5.74) is 7.94. The van der Waals surface area contributed by atoms with E-state index < -0.39 is 0 Å². The Hall–Kier alpha value is -1.43. The molecule has 2 rings (SSSR count). The third-order valence-corrected chi connectivity index (χ3v) is 4.07. The van der Waals surface area contributed by atoms with Crippen LogP contribution in [0.5, 0.6) is 0 Å². The molecule has 0 aliphatic heterocycles. The van der Waals surface area contributed by atoms with Gasteiger partial charge in [0.1, 0.15) is 0 Å². The van der Waals surface area contributed by atoms with E-state index in [4.69, 9.17) is 15.5 Å². The number of methoxy groups -OCH3 is 1. The minimum atomic E-state index is 0.514. The van der Waals surface area contributed by atoms with Crippen molar-refractivity contribution in [2.24, 2.45) is 5.73 Å². The van der Waals surface area contributed by atoms with Gasteiger partial charge in [0.15, 0.2) is 5.13 Å². The third-order valence-electron chi connectivity index (χ3n) is 2.88. The van der Waals surface area contributed by atoms with Crippen LogP contribution in [-0.2, 0) is 11.3 Å². The Morgan fingerprint density at radius 2 is 2.05 bits per heavy atom. The monoisotopic (exact) mass is 277 g/mol. The largest absolute Gasteiger partial charge is 0.383 e. The van der Waals surface area contributed by atoms with Gasteiger partial charge in [0.2, 0.25) is 0 Å². The highest BCUT2D eigenvalue weighted by molar-refractivity contribution is 7.16. The zero-order chi connectivity index (χ0) is 13.7. The lowest BCUT2D eigenvalue weighted by Gasteiger charge is -2.14. The summed E-state index contributed by atoms with van der Waals surface area (Å²) < 4.78 is 5.09. The molecule has 0 atom stereocenters. The van der Waals surface area contributed by atoms with Crippen LogP contribution in [0.3, 0.4) is 0 Å². The van der Waals surface area contributed by atoms with Crippen molar-refractivity contribution >= 4 is 16.5 Å². The number of rotatable bonds is 6. The van der Waals surface area contributed by atoms with Crippen molar-refractivity contribution in [1.29, 1.82) is 0 Å². The molecule has 19 heavy (non-hydrogen) atoms. The smallest absolute Gasteiger partial charge is 0.185 e. The maximum absolute atomic E-state index is 5.83. The normalized spacial score (nSPS) is 10.7. The van der Waals surface area contributed by atoms with E-state index >= 15 is 0 Å². The number of nitrogens with two attached hydrogens (primary N) is 1. The standard InChI is InChI=1S/C14H19N3OS/c1-17(8-9-18-2)14-16-13(12(10-15)19-14)11-6-4-3-5-7-11/h3-7H,8-10,15H2,1-2H3. The molecule has 2 aromatic rings. The van der Waals surface area contributed by atoms with Crippen LogP contribution in [0.2, 0.25) is 0 Å². The lowest BCUT2D eigenvalue weighted by Crippen LogP contribution is -2.21. The summed E-state index contributed by atoms with van der Waals surface area (Å²) in [6.45, 7) is 2.02. The van der Waals surface area contributed by atoms with E-state index in [0.29, 0.717) is 13.2 Å². The Morgan fingerprint density at radius 3 is 2.68 bits per heavy atom. The molecule has 0 aliphatic carbocycles. The minimum absolute atomic E-state index is 0.514. The number of likely N-dealkylation sites (N-methyl/N-ethyl adjacent to an activating group) is 1. The van der Waals surface area contributed by atoms with Gasteiger partial charge in [-0.25, -0.2) is 4.98 Å². The molecule has 0 fully saturated rings. The summed E-state index contributed by atoms with van der Waals surface area (Å²) in [6.07, 6.45) is 0. The first-order valence-electron chi connectivity index (χ1n) is 6.21. The molecule has 0 radical (unpaired) electrons. The summed E-state index contributed by atoms with van der Waals surface area (Å²) in [4.78, 5) is 7.93. The quantitative estimate of drug-likeness (QED) is 0.880. The van der Waals surface area contributed by atoms with E-state index in [1.807, 2.05) is 25.2 Å². The van der Waals surface area contributed by atoms with Crippen LogP contribution in [0.4, 0.5) is 5.13 Å². The Bertz CT molecular complexity index is 513. The number of nitrogens with zero attached hydrogens (tertiary/aromatic N) is 2. The van der Waals surface area contributed by atoms with Crippen LogP contribution in [0.1, 0.15) is 4.88 Å². The zero-order valence-electron chi connectivity index (χ0n) is 11.3. The first kappa shape index (κ1) is 14.0. The van der Waals surface area contributed by atoms with Gasteiger partial charge >= 0.3 is 0 Å². The topological polar surface area (TPSA) is 51.4 Å². The Morgan fingerprint density at radius 1 is 1.32 bits per heavy atom. The lowest BCUT2D eigenvalue weighted by atomic mass is 10.1. The molecule has 0 spiro atoms. The van der Waals surface area contributed by atoms with E-state index in [2.05, 4.69) is 17.0 Å². The maximum Gasteiger partial charge on any atom is 0.185 e. The molecule has 102 valence electrons. The van der Waals surface area contributed by atoms with Gasteiger partial charge in [0.05, 0.1) is 12.3 Å². The summed E-state index contributed by atoms with van der Waals surface area (Å²) in [5.74, 6) is 0. The minimum Gasteiger partial charge on any atom is -0.383 e. The number of thiazole rings is 1. The molecule has 1 heterocycles. The second-order valence-corrected chi connectivity index (χ2v) is 5.31. The van der Waals surface area contributed by atoms with E-state index in [1.54, 1.807) is 18.4 Å². The second-order valence-electron chi connectivity index (χ2n) is 4.25. The van der Waals surface area contributed by atoms with E-state index in [-0.39, 0.29) is 0 Å². The summed E-state index contributed by atoms with van der Waals surface area (Å²) in [5, 5.41) is 0.983. The van der Waals surface area contributed by atoms with Crippen molar-refractivity contribution in [3.8, 4) is 11.3 Å². The number of hydrogen-bond donors (Lipinski definition) is 1. The molecule has 1 aromatic heterocycles. The van der Waals surface area contributed by atoms with Crippen LogP contribution in [0, 0.1) is 0 Å². The fourth-order valence-electron chi connectivity index (χ4n) is 1.79. The van der Waals surface area contributed by atoms with Gasteiger partial charge in [0, 0.05) is 37.7 Å². The highest BCUT2D eigenvalue weighted by atomic mass is 32.1. The van der Waals surface area contributed by atoms with Gasteiger partial charge in [0.25, 0.3) is 0 Å². The molecular formula is C14H19N3OS. The molecule has 2 N–H and O–H groups in total. The van der Waals surface area contributed by atoms with Crippen molar-refractivity contribution in [3.63, 3.8) is 0 Å². The van der Waals surface area contributed by atoms with E-state index in [1.165, 1.54) is 0 Å². The Kier molecular flexibility index (Phi) is 4.90. The van der Waals surface area contributed by atoms with Crippen LogP contribution in [-0.4, -0.2) is 32.3 Å². The first-order valence-corrected chi connectivity index (χ1v) is 7.03. The molecule has 4 nitrogen and oxygen atoms in total. The molecule has 0 amide bonds. The number of anilines is 1. The van der Waals surface area contributed by atoms with Crippen LogP contribution < -0.4 is 10.6 Å². The summed E-state index contributed by atoms with van der Waals surface area (Å²) in [7, 11) is 3.73. The van der Waals surface area contributed by atoms with Gasteiger partial charge in [-0.15, -0.1) is 0 Å². The van der Waals surface area contributed by atoms with Crippen LogP contribution in [0.15, 0.2) is 30.3 Å². The first-order chi connectivity index (χ1) is 9.26. The van der Waals surface area contributed by atoms with Gasteiger partial charge < -0.3 is 15.4 Å². The SMILES string of the molecule is COCCN(C)c1nc(-c2ccccc2)c(CN)s1. The van der Waals surface area contributed by atoms with Gasteiger partial charge in [-0.05, 0) is 0 Å². The fourth-order valence-corrected chi connectivity index (χ4v) is 2.73. The average Bonchev–Trinajstić information content (AvgIpc) is 2.90. The second kappa shape index (κ2) is 6.65. The van der Waals surface area contributed by atoms with Crippen molar-refractivity contribution in [2.75, 3.05) is 32.2 Å². The van der Waals surface area contributed by atoms with Crippen molar-refractivity contribution in [3.05, 3.63) is 35.2 Å². The molecule has 1 aromatic carbocycles. The van der Waals surface area contributed by atoms with Gasteiger partial charge in [-0.3, -0.25) is 0 Å². The van der Waals surface area contributed by atoms with Crippen LogP contribution in [0.25, 0.3) is 11.3 Å². The fraction of sp³-hybridized carbons (Fsp3) is 0.357. The van der Waals surface area contributed by atoms with Crippen molar-refractivity contribution in [1.82, 2.24) is 4.98 Å². The maximum atomic E-state index is 5.83. The molecule has 0 unspecified atom stereocenters. The zero-order valence-corrected chi connectivity index (χ0v) is 12.1. The molecule has 0 saturated carbocycles. The predicted octanol–water partition coefficient (Wildman–Crippen LogP) is 2.35. The Balaban J connectivity index is 2.27. The highest BCUT2D eigenvalue weighted by Gasteiger charge is 2.14. The molecular weight excluding hydrogens is 258 g/mol. The Labute approximate surface area is 117 Å². The van der Waals surface area contributed by atoms with E-state index in [9.17, 15) is 0 Å². The third kappa shape index (κ3) is 3.32. The van der Waals surface area contributed by atoms with Gasteiger partial charge in [-0.2, -0.15) is 0 Å². The average molecular weight is 277 g/mol. The summed E-state index contributed by atoms with van der Waals surface area (Å²) in [6, 6.07) is 10.2. The molecule has 0 bridgehead atoms. The molecule has 0 aliphatic rings.